The highest BCUT2D eigenvalue weighted by atomic mass is 19.1. The van der Waals surface area contributed by atoms with E-state index < -0.39 is 0 Å². The maximum atomic E-state index is 13.1. The Balaban J connectivity index is 2.06. The average Bonchev–Trinajstić information content (AvgIpc) is 2.48. The molecule has 2 aromatic rings. The SMILES string of the molecule is Cc1cc(F)ccc1NC(=O)C(CN)Cc1ccccc1. The number of anilines is 1. The number of benzene rings is 2. The van der Waals surface area contributed by atoms with Gasteiger partial charge in [0.15, 0.2) is 0 Å². The first-order valence-corrected chi connectivity index (χ1v) is 6.91. The summed E-state index contributed by atoms with van der Waals surface area (Å²) >= 11 is 0. The van der Waals surface area contributed by atoms with Crippen LogP contribution in [0.2, 0.25) is 0 Å². The van der Waals surface area contributed by atoms with E-state index in [0.29, 0.717) is 17.7 Å². The predicted octanol–water partition coefficient (Wildman–Crippen LogP) is 2.89. The van der Waals surface area contributed by atoms with Crippen LogP contribution in [0.4, 0.5) is 10.1 Å². The summed E-state index contributed by atoms with van der Waals surface area (Å²) in [6.07, 6.45) is 0.587. The zero-order valence-corrected chi connectivity index (χ0v) is 12.0. The van der Waals surface area contributed by atoms with Gasteiger partial charge in [0, 0.05) is 12.2 Å². The fraction of sp³-hybridized carbons (Fsp3) is 0.235. The molecule has 0 saturated carbocycles. The van der Waals surface area contributed by atoms with Crippen molar-refractivity contribution in [3.8, 4) is 0 Å². The van der Waals surface area contributed by atoms with Gasteiger partial charge in [-0.25, -0.2) is 4.39 Å². The first-order valence-electron chi connectivity index (χ1n) is 6.91. The van der Waals surface area contributed by atoms with Gasteiger partial charge in [-0.1, -0.05) is 30.3 Å². The van der Waals surface area contributed by atoms with E-state index in [-0.39, 0.29) is 24.2 Å². The maximum absolute atomic E-state index is 13.1. The summed E-state index contributed by atoms with van der Waals surface area (Å²) < 4.78 is 13.1. The van der Waals surface area contributed by atoms with Gasteiger partial charge in [-0.2, -0.15) is 0 Å². The van der Waals surface area contributed by atoms with Gasteiger partial charge in [-0.3, -0.25) is 4.79 Å². The molecule has 2 aromatic carbocycles. The topological polar surface area (TPSA) is 55.1 Å². The number of carbonyl (C=O) groups excluding carboxylic acids is 1. The van der Waals surface area contributed by atoms with E-state index in [0.717, 1.165) is 5.56 Å². The lowest BCUT2D eigenvalue weighted by atomic mass is 9.98. The Morgan fingerprint density at radius 2 is 1.95 bits per heavy atom. The van der Waals surface area contributed by atoms with Crippen LogP contribution in [0.5, 0.6) is 0 Å². The fourth-order valence-corrected chi connectivity index (χ4v) is 2.18. The van der Waals surface area contributed by atoms with Crippen molar-refractivity contribution < 1.29 is 9.18 Å². The highest BCUT2D eigenvalue weighted by molar-refractivity contribution is 5.93. The molecule has 0 fully saturated rings. The van der Waals surface area contributed by atoms with Crippen molar-refractivity contribution in [3.05, 3.63) is 65.5 Å². The molecular formula is C17H19FN2O. The number of amides is 1. The Kier molecular flexibility index (Phi) is 5.06. The Bertz CT molecular complexity index is 613. The molecule has 1 amide bonds. The van der Waals surface area contributed by atoms with Gasteiger partial charge in [0.1, 0.15) is 5.82 Å². The summed E-state index contributed by atoms with van der Waals surface area (Å²) in [7, 11) is 0. The molecule has 0 radical (unpaired) electrons. The first kappa shape index (κ1) is 15.2. The quantitative estimate of drug-likeness (QED) is 0.888. The number of nitrogens with one attached hydrogen (secondary N) is 1. The molecule has 0 spiro atoms. The Labute approximate surface area is 124 Å². The van der Waals surface area contributed by atoms with Crippen molar-refractivity contribution in [1.29, 1.82) is 0 Å². The molecule has 3 nitrogen and oxygen atoms in total. The van der Waals surface area contributed by atoms with E-state index in [1.807, 2.05) is 30.3 Å². The zero-order chi connectivity index (χ0) is 15.2. The van der Waals surface area contributed by atoms with Gasteiger partial charge >= 0.3 is 0 Å². The molecule has 21 heavy (non-hydrogen) atoms. The normalized spacial score (nSPS) is 12.0. The monoisotopic (exact) mass is 286 g/mol. The second kappa shape index (κ2) is 6.99. The van der Waals surface area contributed by atoms with Crippen molar-refractivity contribution in [2.24, 2.45) is 11.7 Å². The van der Waals surface area contributed by atoms with E-state index in [4.69, 9.17) is 5.73 Å². The van der Waals surface area contributed by atoms with Crippen LogP contribution in [0.25, 0.3) is 0 Å². The van der Waals surface area contributed by atoms with Crippen LogP contribution >= 0.6 is 0 Å². The number of aryl methyl sites for hydroxylation is 1. The van der Waals surface area contributed by atoms with Gasteiger partial charge in [0.05, 0.1) is 5.92 Å². The second-order valence-corrected chi connectivity index (χ2v) is 5.07. The number of halogens is 1. The minimum absolute atomic E-state index is 0.143. The highest BCUT2D eigenvalue weighted by Gasteiger charge is 2.18. The molecular weight excluding hydrogens is 267 g/mol. The molecule has 2 rings (SSSR count). The standard InChI is InChI=1S/C17H19FN2O/c1-12-9-15(18)7-8-16(12)20-17(21)14(11-19)10-13-5-3-2-4-6-13/h2-9,14H,10-11,19H2,1H3,(H,20,21). The van der Waals surface area contributed by atoms with Crippen LogP contribution in [-0.2, 0) is 11.2 Å². The summed E-state index contributed by atoms with van der Waals surface area (Å²) in [5, 5.41) is 2.82. The van der Waals surface area contributed by atoms with Crippen LogP contribution in [0.3, 0.4) is 0 Å². The lowest BCUT2D eigenvalue weighted by Gasteiger charge is -2.16. The third-order valence-corrected chi connectivity index (χ3v) is 3.43. The molecule has 0 aliphatic carbocycles. The van der Waals surface area contributed by atoms with Crippen molar-refractivity contribution in [1.82, 2.24) is 0 Å². The molecule has 4 heteroatoms. The molecule has 1 unspecified atom stereocenters. The van der Waals surface area contributed by atoms with E-state index in [1.165, 1.54) is 12.1 Å². The third kappa shape index (κ3) is 4.13. The van der Waals surface area contributed by atoms with Gasteiger partial charge in [0.25, 0.3) is 0 Å². The van der Waals surface area contributed by atoms with Crippen molar-refractivity contribution in [3.63, 3.8) is 0 Å². The highest BCUT2D eigenvalue weighted by Crippen LogP contribution is 2.17. The lowest BCUT2D eigenvalue weighted by Crippen LogP contribution is -2.31. The van der Waals surface area contributed by atoms with Crippen molar-refractivity contribution in [2.45, 2.75) is 13.3 Å². The van der Waals surface area contributed by atoms with Gasteiger partial charge in [-0.05, 0) is 42.7 Å². The zero-order valence-electron chi connectivity index (χ0n) is 12.0. The summed E-state index contributed by atoms with van der Waals surface area (Å²) in [5.74, 6) is -0.766. The minimum atomic E-state index is -0.315. The van der Waals surface area contributed by atoms with Crippen LogP contribution in [0, 0.1) is 18.7 Å². The molecule has 3 N–H and O–H groups in total. The summed E-state index contributed by atoms with van der Waals surface area (Å²) in [5.41, 5.74) is 8.10. The molecule has 0 bridgehead atoms. The number of nitrogens with two attached hydrogens (primary N) is 1. The van der Waals surface area contributed by atoms with E-state index in [2.05, 4.69) is 5.32 Å². The van der Waals surface area contributed by atoms with E-state index in [1.54, 1.807) is 13.0 Å². The predicted molar refractivity (Wildman–Crippen MR) is 82.5 cm³/mol. The maximum Gasteiger partial charge on any atom is 0.229 e. The average molecular weight is 286 g/mol. The van der Waals surface area contributed by atoms with Crippen LogP contribution in [-0.4, -0.2) is 12.5 Å². The van der Waals surface area contributed by atoms with Gasteiger partial charge in [0.2, 0.25) is 5.91 Å². The molecule has 0 aliphatic heterocycles. The summed E-state index contributed by atoms with van der Waals surface area (Å²) in [4.78, 5) is 12.3. The van der Waals surface area contributed by atoms with E-state index >= 15 is 0 Å². The second-order valence-electron chi connectivity index (χ2n) is 5.07. The third-order valence-electron chi connectivity index (χ3n) is 3.43. The smallest absolute Gasteiger partial charge is 0.229 e. The number of hydrogen-bond donors (Lipinski definition) is 2. The number of carbonyl (C=O) groups is 1. The van der Waals surface area contributed by atoms with Crippen molar-refractivity contribution in [2.75, 3.05) is 11.9 Å². The molecule has 0 saturated heterocycles. The van der Waals surface area contributed by atoms with Crippen molar-refractivity contribution >= 4 is 11.6 Å². The van der Waals surface area contributed by atoms with Crippen LogP contribution in [0.1, 0.15) is 11.1 Å². The minimum Gasteiger partial charge on any atom is -0.330 e. The molecule has 0 aliphatic rings. The molecule has 1 atom stereocenters. The number of hydrogen-bond acceptors (Lipinski definition) is 2. The van der Waals surface area contributed by atoms with E-state index in [9.17, 15) is 9.18 Å². The molecule has 0 aromatic heterocycles. The largest absolute Gasteiger partial charge is 0.330 e. The fourth-order valence-electron chi connectivity index (χ4n) is 2.18. The Morgan fingerprint density at radius 1 is 1.24 bits per heavy atom. The van der Waals surface area contributed by atoms with Crippen LogP contribution < -0.4 is 11.1 Å². The Hall–Kier alpha value is -2.20. The van der Waals surface area contributed by atoms with Gasteiger partial charge in [-0.15, -0.1) is 0 Å². The summed E-state index contributed by atoms with van der Waals surface area (Å²) in [6.45, 7) is 2.02. The van der Waals surface area contributed by atoms with Crippen LogP contribution in [0.15, 0.2) is 48.5 Å². The lowest BCUT2D eigenvalue weighted by molar-refractivity contribution is -0.119. The molecule has 0 heterocycles. The first-order chi connectivity index (χ1) is 10.1. The Morgan fingerprint density at radius 3 is 2.57 bits per heavy atom. The molecule has 110 valence electrons. The van der Waals surface area contributed by atoms with Gasteiger partial charge < -0.3 is 11.1 Å². The number of rotatable bonds is 5. The summed E-state index contributed by atoms with van der Waals surface area (Å²) in [6, 6.07) is 14.0.